The van der Waals surface area contributed by atoms with Crippen LogP contribution in [-0.2, 0) is 23.9 Å². The van der Waals surface area contributed by atoms with Gasteiger partial charge >= 0.3 is 11.9 Å². The zero-order valence-electron chi connectivity index (χ0n) is 30.8. The maximum absolute atomic E-state index is 12.7. The predicted molar refractivity (Wildman–Crippen MR) is 195 cm³/mol. The van der Waals surface area contributed by atoms with Crippen LogP contribution in [0.3, 0.4) is 0 Å². The zero-order chi connectivity index (χ0) is 35.5. The molecular weight excluding hydrogens is 608 g/mol. The molecule has 48 heavy (non-hydrogen) atoms. The monoisotopic (exact) mass is 681 g/mol. The molecule has 0 aromatic heterocycles. The lowest BCUT2D eigenvalue weighted by Crippen LogP contribution is -2.47. The Morgan fingerprint density at radius 1 is 0.604 bits per heavy atom. The van der Waals surface area contributed by atoms with Crippen molar-refractivity contribution in [2.45, 2.75) is 199 Å². The van der Waals surface area contributed by atoms with Gasteiger partial charge in [0.05, 0.1) is 13.2 Å². The number of carboxylic acid groups (broad SMARTS) is 1. The molecule has 2 amide bonds. The molecule has 2 unspecified atom stereocenters. The third kappa shape index (κ3) is 30.9. The standard InChI is InChI=1S/C39H72N2O7/c1-3-5-7-9-11-13-14-15-16-18-23-27-31-38(45)48-34(28-24-20-17-12-10-8-6-4-2)29-25-21-19-22-26-30-36(43)40-32-37(44)41-35(33-42)39(46)47/h11,13,34-35,42H,3-10,12,14-33H2,1-2H3,(H,40,43)(H,41,44)(H,46,47)/b13-11-. The van der Waals surface area contributed by atoms with Crippen LogP contribution < -0.4 is 10.6 Å². The van der Waals surface area contributed by atoms with Crippen molar-refractivity contribution in [2.75, 3.05) is 13.2 Å². The number of carbonyl (C=O) groups is 4. The highest BCUT2D eigenvalue weighted by Crippen LogP contribution is 2.18. The van der Waals surface area contributed by atoms with Crippen LogP contribution in [-0.4, -0.2) is 59.3 Å². The second-order valence-corrected chi connectivity index (χ2v) is 13.4. The lowest BCUT2D eigenvalue weighted by molar-refractivity contribution is -0.150. The molecule has 0 aliphatic carbocycles. The summed E-state index contributed by atoms with van der Waals surface area (Å²) in [6, 6.07) is -1.38. The van der Waals surface area contributed by atoms with Crippen LogP contribution in [0.4, 0.5) is 0 Å². The van der Waals surface area contributed by atoms with E-state index < -0.39 is 24.5 Å². The molecular formula is C39H72N2O7. The van der Waals surface area contributed by atoms with E-state index in [0.717, 1.165) is 64.2 Å². The topological polar surface area (TPSA) is 142 Å². The molecule has 2 atom stereocenters. The summed E-state index contributed by atoms with van der Waals surface area (Å²) in [4.78, 5) is 47.3. The Bertz CT molecular complexity index is 833. The first-order chi connectivity index (χ1) is 23.3. The lowest BCUT2D eigenvalue weighted by Gasteiger charge is -2.18. The van der Waals surface area contributed by atoms with Crippen molar-refractivity contribution in [1.29, 1.82) is 0 Å². The number of allylic oxidation sites excluding steroid dienone is 2. The van der Waals surface area contributed by atoms with Gasteiger partial charge in [-0.25, -0.2) is 4.79 Å². The summed E-state index contributed by atoms with van der Waals surface area (Å²) >= 11 is 0. The van der Waals surface area contributed by atoms with Gasteiger partial charge in [-0.1, -0.05) is 122 Å². The van der Waals surface area contributed by atoms with E-state index in [1.807, 2.05) is 0 Å². The number of rotatable bonds is 35. The van der Waals surface area contributed by atoms with E-state index in [2.05, 4.69) is 36.6 Å². The molecule has 0 radical (unpaired) electrons. The summed E-state index contributed by atoms with van der Waals surface area (Å²) < 4.78 is 5.98. The van der Waals surface area contributed by atoms with E-state index in [9.17, 15) is 19.2 Å². The molecule has 0 rings (SSSR count). The molecule has 0 aliphatic heterocycles. The Kier molecular flexibility index (Phi) is 32.7. The van der Waals surface area contributed by atoms with E-state index in [0.29, 0.717) is 19.3 Å². The van der Waals surface area contributed by atoms with Gasteiger partial charge in [0.2, 0.25) is 11.8 Å². The van der Waals surface area contributed by atoms with Crippen LogP contribution in [0.1, 0.15) is 187 Å². The van der Waals surface area contributed by atoms with Crippen molar-refractivity contribution >= 4 is 23.8 Å². The number of amides is 2. The van der Waals surface area contributed by atoms with Crippen LogP contribution >= 0.6 is 0 Å². The second kappa shape index (κ2) is 34.4. The fourth-order valence-corrected chi connectivity index (χ4v) is 5.71. The van der Waals surface area contributed by atoms with Crippen LogP contribution in [0.5, 0.6) is 0 Å². The number of carboxylic acids is 1. The molecule has 9 nitrogen and oxygen atoms in total. The molecule has 0 aliphatic rings. The Hall–Kier alpha value is -2.42. The number of esters is 1. The number of aliphatic hydroxyl groups is 1. The molecule has 0 saturated carbocycles. The second-order valence-electron chi connectivity index (χ2n) is 13.4. The molecule has 0 spiro atoms. The Labute approximate surface area is 292 Å². The molecule has 0 heterocycles. The molecule has 0 fully saturated rings. The number of aliphatic hydroxyl groups excluding tert-OH is 1. The van der Waals surface area contributed by atoms with Crippen molar-refractivity contribution in [1.82, 2.24) is 10.6 Å². The number of carbonyl (C=O) groups excluding carboxylic acids is 3. The van der Waals surface area contributed by atoms with E-state index in [1.165, 1.54) is 89.9 Å². The van der Waals surface area contributed by atoms with Crippen LogP contribution in [0.25, 0.3) is 0 Å². The smallest absolute Gasteiger partial charge is 0.328 e. The Morgan fingerprint density at radius 2 is 1.06 bits per heavy atom. The highest BCUT2D eigenvalue weighted by molar-refractivity contribution is 5.87. The van der Waals surface area contributed by atoms with Gasteiger partial charge in [0.15, 0.2) is 0 Å². The van der Waals surface area contributed by atoms with E-state index in [-0.39, 0.29) is 24.5 Å². The van der Waals surface area contributed by atoms with Crippen LogP contribution in [0, 0.1) is 0 Å². The van der Waals surface area contributed by atoms with Crippen molar-refractivity contribution in [3.05, 3.63) is 12.2 Å². The minimum atomic E-state index is -1.38. The maximum Gasteiger partial charge on any atom is 0.328 e. The van der Waals surface area contributed by atoms with Gasteiger partial charge < -0.3 is 25.6 Å². The number of ether oxygens (including phenoxy) is 1. The van der Waals surface area contributed by atoms with E-state index >= 15 is 0 Å². The summed E-state index contributed by atoms with van der Waals surface area (Å²) in [5.41, 5.74) is 0. The number of unbranched alkanes of at least 4 members (excludes halogenated alkanes) is 19. The summed E-state index contributed by atoms with van der Waals surface area (Å²) in [6.07, 6.45) is 33.8. The van der Waals surface area contributed by atoms with Gasteiger partial charge in [-0.2, -0.15) is 0 Å². The first-order valence-electron chi connectivity index (χ1n) is 19.6. The highest BCUT2D eigenvalue weighted by atomic mass is 16.5. The summed E-state index contributed by atoms with van der Waals surface area (Å²) in [7, 11) is 0. The third-order valence-electron chi connectivity index (χ3n) is 8.76. The quantitative estimate of drug-likeness (QED) is 0.0298. The van der Waals surface area contributed by atoms with Crippen molar-refractivity contribution in [3.63, 3.8) is 0 Å². The first kappa shape index (κ1) is 45.6. The summed E-state index contributed by atoms with van der Waals surface area (Å²) in [5.74, 6) is -2.30. The highest BCUT2D eigenvalue weighted by Gasteiger charge is 2.19. The van der Waals surface area contributed by atoms with Crippen LogP contribution in [0.2, 0.25) is 0 Å². The molecule has 280 valence electrons. The number of nitrogens with one attached hydrogen (secondary N) is 2. The Morgan fingerprint density at radius 3 is 1.60 bits per heavy atom. The summed E-state index contributed by atoms with van der Waals surface area (Å²) in [5, 5.41) is 22.5. The average molecular weight is 681 g/mol. The summed E-state index contributed by atoms with van der Waals surface area (Å²) in [6.45, 7) is 3.44. The van der Waals surface area contributed by atoms with Crippen molar-refractivity contribution < 1.29 is 34.1 Å². The lowest BCUT2D eigenvalue weighted by atomic mass is 10.0. The fourth-order valence-electron chi connectivity index (χ4n) is 5.71. The van der Waals surface area contributed by atoms with E-state index in [4.69, 9.17) is 14.9 Å². The molecule has 4 N–H and O–H groups in total. The predicted octanol–water partition coefficient (Wildman–Crippen LogP) is 8.70. The average Bonchev–Trinajstić information content (AvgIpc) is 3.07. The maximum atomic E-state index is 12.7. The molecule has 9 heteroatoms. The van der Waals surface area contributed by atoms with Gasteiger partial charge in [-0.3, -0.25) is 14.4 Å². The number of hydrogen-bond acceptors (Lipinski definition) is 6. The van der Waals surface area contributed by atoms with E-state index in [1.54, 1.807) is 0 Å². The first-order valence-corrected chi connectivity index (χ1v) is 19.6. The van der Waals surface area contributed by atoms with Crippen molar-refractivity contribution in [3.8, 4) is 0 Å². The SMILES string of the molecule is CCCCC/C=C\CCCCCCCC(=O)OC(CCCCCCCCCC)CCCCCCCC(=O)NCC(=O)NC(CO)C(=O)O. The third-order valence-corrected chi connectivity index (χ3v) is 8.76. The molecule has 0 aromatic rings. The fraction of sp³-hybridized carbons (Fsp3) is 0.846. The molecule has 0 aromatic carbocycles. The normalized spacial score (nSPS) is 12.6. The molecule has 0 saturated heterocycles. The van der Waals surface area contributed by atoms with Gasteiger partial charge in [0.1, 0.15) is 12.1 Å². The minimum absolute atomic E-state index is 0.00909. The van der Waals surface area contributed by atoms with Gasteiger partial charge in [-0.15, -0.1) is 0 Å². The minimum Gasteiger partial charge on any atom is -0.480 e. The largest absolute Gasteiger partial charge is 0.480 e. The van der Waals surface area contributed by atoms with Gasteiger partial charge in [0, 0.05) is 12.8 Å². The number of aliphatic carboxylic acids is 1. The van der Waals surface area contributed by atoms with Crippen LogP contribution in [0.15, 0.2) is 12.2 Å². The van der Waals surface area contributed by atoms with Gasteiger partial charge in [-0.05, 0) is 64.2 Å². The molecule has 0 bridgehead atoms. The Balaban J connectivity index is 4.24. The number of hydrogen-bond donors (Lipinski definition) is 4. The van der Waals surface area contributed by atoms with Crippen molar-refractivity contribution in [2.24, 2.45) is 0 Å². The zero-order valence-corrected chi connectivity index (χ0v) is 30.8. The van der Waals surface area contributed by atoms with Gasteiger partial charge in [0.25, 0.3) is 0 Å².